The quantitative estimate of drug-likeness (QED) is 0.839. The topological polar surface area (TPSA) is 41.1 Å². The predicted molar refractivity (Wildman–Crippen MR) is 87.3 cm³/mol. The molecule has 1 aliphatic rings. The van der Waals surface area contributed by atoms with Gasteiger partial charge in [0.2, 0.25) is 5.91 Å². The molecule has 0 radical (unpaired) electrons. The molecular formula is C15H20BrClN2O. The van der Waals surface area contributed by atoms with Crippen molar-refractivity contribution in [3.05, 3.63) is 27.7 Å². The molecule has 1 amide bonds. The Hall–Kier alpha value is -0.740. The Kier molecular flexibility index (Phi) is 5.73. The van der Waals surface area contributed by atoms with E-state index in [4.69, 9.17) is 11.6 Å². The summed E-state index contributed by atoms with van der Waals surface area (Å²) >= 11 is 9.40. The number of hydrogen-bond acceptors (Lipinski definition) is 2. The maximum Gasteiger partial charge on any atom is 0.242 e. The summed E-state index contributed by atoms with van der Waals surface area (Å²) in [6.07, 6.45) is 5.92. The molecule has 0 aromatic heterocycles. The van der Waals surface area contributed by atoms with Gasteiger partial charge in [-0.15, -0.1) is 0 Å². The standard InChI is InChI=1S/C15H20BrClN2O/c1-10(15(20)19-11-5-3-2-4-6-11)18-12-7-8-13(16)14(17)9-12/h7-11,18H,2-6H2,1H3,(H,19,20). The van der Waals surface area contributed by atoms with Gasteiger partial charge in [0.1, 0.15) is 6.04 Å². The molecule has 1 fully saturated rings. The highest BCUT2D eigenvalue weighted by Gasteiger charge is 2.19. The smallest absolute Gasteiger partial charge is 0.242 e. The van der Waals surface area contributed by atoms with E-state index in [0.29, 0.717) is 11.1 Å². The first-order valence-electron chi connectivity index (χ1n) is 7.08. The molecule has 1 saturated carbocycles. The van der Waals surface area contributed by atoms with Crippen molar-refractivity contribution in [2.45, 2.75) is 51.1 Å². The molecule has 0 spiro atoms. The van der Waals surface area contributed by atoms with Crippen molar-refractivity contribution in [3.63, 3.8) is 0 Å². The summed E-state index contributed by atoms with van der Waals surface area (Å²) in [6.45, 7) is 1.87. The first kappa shape index (κ1) is 15.6. The van der Waals surface area contributed by atoms with Crippen LogP contribution in [0.5, 0.6) is 0 Å². The molecule has 1 atom stereocenters. The summed E-state index contributed by atoms with van der Waals surface area (Å²) in [7, 11) is 0. The maximum absolute atomic E-state index is 12.2. The lowest BCUT2D eigenvalue weighted by Gasteiger charge is -2.25. The van der Waals surface area contributed by atoms with E-state index in [9.17, 15) is 4.79 Å². The Balaban J connectivity index is 1.88. The van der Waals surface area contributed by atoms with E-state index in [1.54, 1.807) is 0 Å². The minimum absolute atomic E-state index is 0.0518. The van der Waals surface area contributed by atoms with Crippen molar-refractivity contribution < 1.29 is 4.79 Å². The fraction of sp³-hybridized carbons (Fsp3) is 0.533. The van der Waals surface area contributed by atoms with Crippen molar-refractivity contribution in [2.75, 3.05) is 5.32 Å². The fourth-order valence-corrected chi connectivity index (χ4v) is 2.90. The van der Waals surface area contributed by atoms with E-state index < -0.39 is 0 Å². The number of halogens is 2. The van der Waals surface area contributed by atoms with Gasteiger partial charge in [-0.2, -0.15) is 0 Å². The summed E-state index contributed by atoms with van der Waals surface area (Å²) in [5.41, 5.74) is 0.851. The Morgan fingerprint density at radius 1 is 1.35 bits per heavy atom. The molecule has 1 unspecified atom stereocenters. The average Bonchev–Trinajstić information content (AvgIpc) is 2.44. The van der Waals surface area contributed by atoms with Crippen LogP contribution in [0.15, 0.2) is 22.7 Å². The monoisotopic (exact) mass is 358 g/mol. The van der Waals surface area contributed by atoms with Gasteiger partial charge in [0.15, 0.2) is 0 Å². The van der Waals surface area contributed by atoms with Crippen LogP contribution >= 0.6 is 27.5 Å². The molecule has 2 N–H and O–H groups in total. The summed E-state index contributed by atoms with van der Waals surface area (Å²) in [5.74, 6) is 0.0518. The van der Waals surface area contributed by atoms with Crippen LogP contribution in [-0.2, 0) is 4.79 Å². The van der Waals surface area contributed by atoms with Crippen LogP contribution in [0.4, 0.5) is 5.69 Å². The molecule has 1 aromatic carbocycles. The van der Waals surface area contributed by atoms with E-state index in [1.807, 2.05) is 25.1 Å². The first-order chi connectivity index (χ1) is 9.56. The molecule has 2 rings (SSSR count). The number of carbonyl (C=O) groups is 1. The Bertz CT molecular complexity index is 475. The number of benzene rings is 1. The molecule has 5 heteroatoms. The maximum atomic E-state index is 12.2. The van der Waals surface area contributed by atoms with E-state index in [1.165, 1.54) is 19.3 Å². The molecule has 110 valence electrons. The molecule has 20 heavy (non-hydrogen) atoms. The number of hydrogen-bond donors (Lipinski definition) is 2. The normalized spacial score (nSPS) is 17.6. The summed E-state index contributed by atoms with van der Waals surface area (Å²) in [4.78, 5) is 12.2. The first-order valence-corrected chi connectivity index (χ1v) is 8.25. The summed E-state index contributed by atoms with van der Waals surface area (Å²) in [6, 6.07) is 5.66. The lowest BCUT2D eigenvalue weighted by atomic mass is 9.95. The lowest BCUT2D eigenvalue weighted by molar-refractivity contribution is -0.122. The average molecular weight is 360 g/mol. The highest BCUT2D eigenvalue weighted by molar-refractivity contribution is 9.10. The molecular weight excluding hydrogens is 340 g/mol. The number of nitrogens with one attached hydrogen (secondary N) is 2. The van der Waals surface area contributed by atoms with Gasteiger partial charge < -0.3 is 10.6 Å². The van der Waals surface area contributed by atoms with Crippen molar-refractivity contribution in [3.8, 4) is 0 Å². The van der Waals surface area contributed by atoms with Gasteiger partial charge in [-0.3, -0.25) is 4.79 Å². The van der Waals surface area contributed by atoms with Gasteiger partial charge in [-0.25, -0.2) is 0 Å². The van der Waals surface area contributed by atoms with Crippen molar-refractivity contribution in [1.29, 1.82) is 0 Å². The third kappa shape index (κ3) is 4.38. The zero-order valence-electron chi connectivity index (χ0n) is 11.6. The predicted octanol–water partition coefficient (Wildman–Crippen LogP) is 4.35. The Morgan fingerprint density at radius 3 is 2.70 bits per heavy atom. The van der Waals surface area contributed by atoms with Gasteiger partial charge in [-0.1, -0.05) is 30.9 Å². The molecule has 0 bridgehead atoms. The van der Waals surface area contributed by atoms with Crippen LogP contribution in [0.2, 0.25) is 5.02 Å². The molecule has 3 nitrogen and oxygen atoms in total. The third-order valence-electron chi connectivity index (χ3n) is 3.65. The summed E-state index contributed by atoms with van der Waals surface area (Å²) in [5, 5.41) is 6.94. The Morgan fingerprint density at radius 2 is 2.05 bits per heavy atom. The molecule has 0 aliphatic heterocycles. The lowest BCUT2D eigenvalue weighted by Crippen LogP contribution is -2.43. The number of carbonyl (C=O) groups excluding carboxylic acids is 1. The SMILES string of the molecule is CC(Nc1ccc(Br)c(Cl)c1)C(=O)NC1CCCCC1. The molecule has 1 aromatic rings. The van der Waals surface area contributed by atoms with Crippen LogP contribution < -0.4 is 10.6 Å². The second-order valence-corrected chi connectivity index (χ2v) is 6.60. The van der Waals surface area contributed by atoms with E-state index in [-0.39, 0.29) is 11.9 Å². The zero-order chi connectivity index (χ0) is 14.5. The van der Waals surface area contributed by atoms with E-state index in [2.05, 4.69) is 26.6 Å². The minimum Gasteiger partial charge on any atom is -0.374 e. The van der Waals surface area contributed by atoms with Gasteiger partial charge >= 0.3 is 0 Å². The number of amides is 1. The van der Waals surface area contributed by atoms with Crippen molar-refractivity contribution in [2.24, 2.45) is 0 Å². The Labute approximate surface area is 133 Å². The molecule has 0 heterocycles. The third-order valence-corrected chi connectivity index (χ3v) is 4.88. The van der Waals surface area contributed by atoms with Crippen LogP contribution in [0, 0.1) is 0 Å². The van der Waals surface area contributed by atoms with Gasteiger partial charge in [0.25, 0.3) is 0 Å². The van der Waals surface area contributed by atoms with Gasteiger partial charge in [-0.05, 0) is 53.9 Å². The number of rotatable bonds is 4. The van der Waals surface area contributed by atoms with E-state index in [0.717, 1.165) is 23.0 Å². The minimum atomic E-state index is -0.269. The van der Waals surface area contributed by atoms with Crippen LogP contribution in [0.3, 0.4) is 0 Å². The second-order valence-electron chi connectivity index (χ2n) is 5.34. The summed E-state index contributed by atoms with van der Waals surface area (Å²) < 4.78 is 0.851. The highest BCUT2D eigenvalue weighted by atomic mass is 79.9. The van der Waals surface area contributed by atoms with Crippen molar-refractivity contribution in [1.82, 2.24) is 5.32 Å². The van der Waals surface area contributed by atoms with Crippen LogP contribution in [0.1, 0.15) is 39.0 Å². The van der Waals surface area contributed by atoms with Crippen LogP contribution in [0.25, 0.3) is 0 Å². The zero-order valence-corrected chi connectivity index (χ0v) is 13.9. The second kappa shape index (κ2) is 7.32. The van der Waals surface area contributed by atoms with Crippen molar-refractivity contribution >= 4 is 39.1 Å². The fourth-order valence-electron chi connectivity index (χ4n) is 2.47. The van der Waals surface area contributed by atoms with Gasteiger partial charge in [0.05, 0.1) is 5.02 Å². The molecule has 0 saturated heterocycles. The van der Waals surface area contributed by atoms with Gasteiger partial charge in [0, 0.05) is 16.2 Å². The van der Waals surface area contributed by atoms with E-state index >= 15 is 0 Å². The number of anilines is 1. The van der Waals surface area contributed by atoms with Crippen LogP contribution in [-0.4, -0.2) is 18.0 Å². The largest absolute Gasteiger partial charge is 0.374 e. The highest BCUT2D eigenvalue weighted by Crippen LogP contribution is 2.26. The molecule has 1 aliphatic carbocycles.